The molecular weight excluding hydrogens is 571 g/mol. The monoisotopic (exact) mass is 606 g/mol. The standard InChI is InChI=1S/C28H35F4IO2/c1-20(18-25(34)35-24-19-23(29)26(30)28(32)27(24)31)12-10-8-6-4-2-3-5-7-9-11-13-21-14-16-22(33)17-15-21/h14-17,19-20H,2-13,18H2,1H3. The topological polar surface area (TPSA) is 26.3 Å². The van der Waals surface area contributed by atoms with E-state index in [1.165, 1.54) is 54.1 Å². The van der Waals surface area contributed by atoms with Crippen LogP contribution >= 0.6 is 22.6 Å². The van der Waals surface area contributed by atoms with Crippen LogP contribution in [0.4, 0.5) is 17.6 Å². The molecule has 2 aromatic rings. The molecule has 194 valence electrons. The summed E-state index contributed by atoms with van der Waals surface area (Å²) >= 11 is 2.33. The molecule has 0 saturated heterocycles. The third-order valence-corrected chi connectivity index (χ3v) is 6.85. The van der Waals surface area contributed by atoms with Gasteiger partial charge in [0.2, 0.25) is 11.6 Å². The minimum absolute atomic E-state index is 0.000197. The molecule has 2 aromatic carbocycles. The molecule has 0 fully saturated rings. The molecule has 1 unspecified atom stereocenters. The van der Waals surface area contributed by atoms with Crippen LogP contribution in [0, 0.1) is 32.8 Å². The zero-order valence-electron chi connectivity index (χ0n) is 20.4. The summed E-state index contributed by atoms with van der Waals surface area (Å²) in [5, 5.41) is 0. The van der Waals surface area contributed by atoms with Crippen LogP contribution in [0.1, 0.15) is 89.5 Å². The maximum atomic E-state index is 13.6. The van der Waals surface area contributed by atoms with Gasteiger partial charge >= 0.3 is 5.97 Å². The Kier molecular flexibility index (Phi) is 13.7. The molecule has 7 heteroatoms. The van der Waals surface area contributed by atoms with Gasteiger partial charge in [0.05, 0.1) is 0 Å². The second-order valence-electron chi connectivity index (χ2n) is 9.28. The van der Waals surface area contributed by atoms with E-state index in [1.807, 2.05) is 6.92 Å². The van der Waals surface area contributed by atoms with Crippen molar-refractivity contribution in [2.24, 2.45) is 5.92 Å². The maximum Gasteiger partial charge on any atom is 0.311 e. The Morgan fingerprint density at radius 3 is 1.94 bits per heavy atom. The van der Waals surface area contributed by atoms with E-state index in [-0.39, 0.29) is 12.3 Å². The molecule has 2 rings (SSSR count). The quantitative estimate of drug-likeness (QED) is 0.0362. The lowest BCUT2D eigenvalue weighted by molar-refractivity contribution is -0.135. The Morgan fingerprint density at radius 1 is 0.800 bits per heavy atom. The summed E-state index contributed by atoms with van der Waals surface area (Å²) in [7, 11) is 0. The second-order valence-corrected chi connectivity index (χ2v) is 10.5. The van der Waals surface area contributed by atoms with Gasteiger partial charge in [-0.15, -0.1) is 0 Å². The molecule has 0 heterocycles. The number of unbranched alkanes of at least 4 members (excludes halogenated alkanes) is 9. The zero-order chi connectivity index (χ0) is 25.6. The lowest BCUT2D eigenvalue weighted by atomic mass is 9.98. The number of rotatable bonds is 16. The van der Waals surface area contributed by atoms with E-state index < -0.39 is 35.0 Å². The third kappa shape index (κ3) is 11.3. The van der Waals surface area contributed by atoms with Gasteiger partial charge in [-0.05, 0) is 59.0 Å². The van der Waals surface area contributed by atoms with Crippen LogP contribution < -0.4 is 4.74 Å². The molecule has 0 aliphatic rings. The molecule has 0 aromatic heterocycles. The van der Waals surface area contributed by atoms with E-state index in [0.717, 1.165) is 32.1 Å². The predicted octanol–water partition coefficient (Wildman–Crippen LogP) is 9.31. The number of carbonyl (C=O) groups excluding carboxylic acids is 1. The highest BCUT2D eigenvalue weighted by Crippen LogP contribution is 2.26. The SMILES string of the molecule is CC(CCCCCCCCCCCCc1ccc(I)cc1)CC(=O)Oc1cc(F)c(F)c(F)c1F. The van der Waals surface area contributed by atoms with Crippen molar-refractivity contribution in [3.63, 3.8) is 0 Å². The molecule has 0 bridgehead atoms. The van der Waals surface area contributed by atoms with Gasteiger partial charge in [0.1, 0.15) is 0 Å². The molecule has 0 radical (unpaired) electrons. The van der Waals surface area contributed by atoms with Gasteiger partial charge in [0.25, 0.3) is 0 Å². The van der Waals surface area contributed by atoms with Gasteiger partial charge in [-0.3, -0.25) is 4.79 Å². The van der Waals surface area contributed by atoms with E-state index in [2.05, 4.69) is 46.9 Å². The molecule has 0 saturated carbocycles. The smallest absolute Gasteiger partial charge is 0.311 e. The number of ether oxygens (including phenoxy) is 1. The van der Waals surface area contributed by atoms with E-state index >= 15 is 0 Å². The summed E-state index contributed by atoms with van der Waals surface area (Å²) in [4.78, 5) is 11.9. The number of hydrogen-bond donors (Lipinski definition) is 0. The van der Waals surface area contributed by atoms with Crippen molar-refractivity contribution in [3.8, 4) is 5.75 Å². The van der Waals surface area contributed by atoms with Crippen molar-refractivity contribution in [1.29, 1.82) is 0 Å². The van der Waals surface area contributed by atoms with Crippen LogP contribution in [-0.2, 0) is 11.2 Å². The van der Waals surface area contributed by atoms with Crippen molar-refractivity contribution < 1.29 is 27.1 Å². The molecule has 1 atom stereocenters. The summed E-state index contributed by atoms with van der Waals surface area (Å²) in [6.45, 7) is 1.88. The van der Waals surface area contributed by atoms with Crippen molar-refractivity contribution in [3.05, 3.63) is 62.7 Å². The van der Waals surface area contributed by atoms with Crippen LogP contribution in [0.15, 0.2) is 30.3 Å². The number of halogens is 5. The summed E-state index contributed by atoms with van der Waals surface area (Å²) < 4.78 is 59.0. The van der Waals surface area contributed by atoms with Crippen LogP contribution in [0.2, 0.25) is 0 Å². The molecule has 0 aliphatic heterocycles. The molecule has 2 nitrogen and oxygen atoms in total. The van der Waals surface area contributed by atoms with Crippen LogP contribution in [0.25, 0.3) is 0 Å². The fraction of sp³-hybridized carbons (Fsp3) is 0.536. The molecule has 0 spiro atoms. The average Bonchev–Trinajstić information content (AvgIpc) is 2.83. The molecule has 35 heavy (non-hydrogen) atoms. The Morgan fingerprint density at radius 2 is 1.34 bits per heavy atom. The third-order valence-electron chi connectivity index (χ3n) is 6.13. The summed E-state index contributed by atoms with van der Waals surface area (Å²) in [5.74, 6) is -8.93. The minimum atomic E-state index is -1.99. The Balaban J connectivity index is 1.45. The van der Waals surface area contributed by atoms with Crippen LogP contribution in [-0.4, -0.2) is 5.97 Å². The predicted molar refractivity (Wildman–Crippen MR) is 139 cm³/mol. The summed E-state index contributed by atoms with van der Waals surface area (Å²) in [5.41, 5.74) is 1.42. The lowest BCUT2D eigenvalue weighted by Crippen LogP contribution is -2.14. The fourth-order valence-corrected chi connectivity index (χ4v) is 4.42. The molecule has 0 N–H and O–H groups in total. The first-order valence-electron chi connectivity index (χ1n) is 12.6. The van der Waals surface area contributed by atoms with Crippen molar-refractivity contribution in [2.45, 2.75) is 90.4 Å². The first-order chi connectivity index (χ1) is 16.8. The molecule has 0 amide bonds. The molecular formula is C28H35F4IO2. The number of hydrogen-bond acceptors (Lipinski definition) is 2. The highest BCUT2D eigenvalue weighted by molar-refractivity contribution is 14.1. The van der Waals surface area contributed by atoms with E-state index in [4.69, 9.17) is 4.74 Å². The zero-order valence-corrected chi connectivity index (χ0v) is 22.5. The Bertz CT molecular complexity index is 918. The van der Waals surface area contributed by atoms with Gasteiger partial charge in [-0.25, -0.2) is 13.2 Å². The number of aryl methyl sites for hydroxylation is 1. The highest BCUT2D eigenvalue weighted by Gasteiger charge is 2.22. The highest BCUT2D eigenvalue weighted by atomic mass is 127. The maximum absolute atomic E-state index is 13.6. The fourth-order valence-electron chi connectivity index (χ4n) is 4.06. The summed E-state index contributed by atoms with van der Waals surface area (Å²) in [6.07, 6.45) is 14.0. The van der Waals surface area contributed by atoms with Crippen LogP contribution in [0.5, 0.6) is 5.75 Å². The Labute approximate surface area is 220 Å². The Hall–Kier alpha value is -1.64. The van der Waals surface area contributed by atoms with Crippen molar-refractivity contribution in [2.75, 3.05) is 0 Å². The number of esters is 1. The van der Waals surface area contributed by atoms with Gasteiger partial charge in [0.15, 0.2) is 17.4 Å². The number of carbonyl (C=O) groups is 1. The molecule has 0 aliphatic carbocycles. The van der Waals surface area contributed by atoms with Crippen LogP contribution in [0.3, 0.4) is 0 Å². The normalized spacial score (nSPS) is 12.1. The van der Waals surface area contributed by atoms with Gasteiger partial charge in [-0.1, -0.05) is 83.3 Å². The minimum Gasteiger partial charge on any atom is -0.423 e. The van der Waals surface area contributed by atoms with Gasteiger partial charge in [0, 0.05) is 16.1 Å². The van der Waals surface area contributed by atoms with Gasteiger partial charge in [-0.2, -0.15) is 4.39 Å². The van der Waals surface area contributed by atoms with Gasteiger partial charge < -0.3 is 4.74 Å². The number of benzene rings is 2. The first kappa shape index (κ1) is 29.6. The van der Waals surface area contributed by atoms with E-state index in [1.54, 1.807) is 0 Å². The summed E-state index contributed by atoms with van der Waals surface area (Å²) in [6, 6.07) is 9.11. The second kappa shape index (κ2) is 16.2. The van der Waals surface area contributed by atoms with E-state index in [9.17, 15) is 22.4 Å². The average molecular weight is 606 g/mol. The van der Waals surface area contributed by atoms with E-state index in [0.29, 0.717) is 6.07 Å². The van der Waals surface area contributed by atoms with Crippen molar-refractivity contribution in [1.82, 2.24) is 0 Å². The van der Waals surface area contributed by atoms with Crippen molar-refractivity contribution >= 4 is 28.6 Å². The lowest BCUT2D eigenvalue weighted by Gasteiger charge is -2.12. The first-order valence-corrected chi connectivity index (χ1v) is 13.6. The largest absolute Gasteiger partial charge is 0.423 e.